The fraction of sp³-hybridized carbons (Fsp3) is 0.278. The number of amides is 2. The molecule has 0 aliphatic rings. The van der Waals surface area contributed by atoms with Crippen LogP contribution in [0.4, 0.5) is 10.1 Å². The van der Waals surface area contributed by atoms with Gasteiger partial charge in [0, 0.05) is 31.7 Å². The molecule has 5 nitrogen and oxygen atoms in total. The van der Waals surface area contributed by atoms with Gasteiger partial charge in [0.25, 0.3) is 0 Å². The van der Waals surface area contributed by atoms with Gasteiger partial charge in [-0.2, -0.15) is 0 Å². The first-order chi connectivity index (χ1) is 12.0. The van der Waals surface area contributed by atoms with Crippen molar-refractivity contribution in [2.45, 2.75) is 18.7 Å². The van der Waals surface area contributed by atoms with Crippen molar-refractivity contribution in [2.75, 3.05) is 18.1 Å². The summed E-state index contributed by atoms with van der Waals surface area (Å²) in [6, 6.07) is 9.28. The lowest BCUT2D eigenvalue weighted by atomic mass is 10.2. The standard InChI is InChI=1S/C18H20FN3O2S/c1-13(18(24)22(2)11-14-4-3-9-20-10-14)25-12-17(23)21-16-7-5-15(19)6-8-16/h3-10,13H,11-12H2,1-2H3,(H,21,23). The maximum Gasteiger partial charge on any atom is 0.235 e. The van der Waals surface area contributed by atoms with E-state index in [0.717, 1.165) is 5.56 Å². The Morgan fingerprint density at radius 2 is 2.00 bits per heavy atom. The molecule has 0 saturated heterocycles. The Balaban J connectivity index is 1.78. The van der Waals surface area contributed by atoms with Gasteiger partial charge in [0.1, 0.15) is 5.82 Å². The molecule has 0 spiro atoms. The number of rotatable bonds is 7. The third-order valence-corrected chi connectivity index (χ3v) is 4.59. The van der Waals surface area contributed by atoms with Crippen LogP contribution in [0.1, 0.15) is 12.5 Å². The van der Waals surface area contributed by atoms with Gasteiger partial charge in [0.05, 0.1) is 11.0 Å². The van der Waals surface area contributed by atoms with E-state index in [1.165, 1.54) is 36.0 Å². The Morgan fingerprint density at radius 1 is 1.28 bits per heavy atom. The molecule has 2 rings (SSSR count). The van der Waals surface area contributed by atoms with Crippen molar-refractivity contribution >= 4 is 29.3 Å². The average Bonchev–Trinajstić information content (AvgIpc) is 2.61. The van der Waals surface area contributed by atoms with Crippen LogP contribution in [0.5, 0.6) is 0 Å². The van der Waals surface area contributed by atoms with E-state index < -0.39 is 0 Å². The van der Waals surface area contributed by atoms with Crippen molar-refractivity contribution in [1.29, 1.82) is 0 Å². The van der Waals surface area contributed by atoms with Gasteiger partial charge < -0.3 is 10.2 Å². The third kappa shape index (κ3) is 6.19. The molecule has 2 aromatic rings. The fourth-order valence-electron chi connectivity index (χ4n) is 2.16. The molecular formula is C18H20FN3O2S. The zero-order valence-electron chi connectivity index (χ0n) is 14.1. The van der Waals surface area contributed by atoms with Crippen molar-refractivity contribution in [1.82, 2.24) is 9.88 Å². The summed E-state index contributed by atoms with van der Waals surface area (Å²) in [5.41, 5.74) is 1.48. The summed E-state index contributed by atoms with van der Waals surface area (Å²) >= 11 is 1.26. The maximum absolute atomic E-state index is 12.8. The SMILES string of the molecule is CC(SCC(=O)Nc1ccc(F)cc1)C(=O)N(C)Cc1cccnc1. The van der Waals surface area contributed by atoms with Gasteiger partial charge in [0.15, 0.2) is 0 Å². The molecule has 0 fully saturated rings. The number of aromatic nitrogens is 1. The van der Waals surface area contributed by atoms with Gasteiger partial charge in [-0.3, -0.25) is 14.6 Å². The molecule has 0 aliphatic heterocycles. The van der Waals surface area contributed by atoms with Crippen LogP contribution in [-0.4, -0.2) is 39.7 Å². The molecule has 1 unspecified atom stereocenters. The molecule has 7 heteroatoms. The molecule has 132 valence electrons. The average molecular weight is 361 g/mol. The highest BCUT2D eigenvalue weighted by atomic mass is 32.2. The van der Waals surface area contributed by atoms with E-state index in [-0.39, 0.29) is 28.6 Å². The summed E-state index contributed by atoms with van der Waals surface area (Å²) in [6.07, 6.45) is 3.40. The van der Waals surface area contributed by atoms with Gasteiger partial charge in [0.2, 0.25) is 11.8 Å². The Kier molecular flexibility index (Phi) is 6.94. The Bertz CT molecular complexity index is 710. The number of carbonyl (C=O) groups excluding carboxylic acids is 2. The summed E-state index contributed by atoms with van der Waals surface area (Å²) in [5.74, 6) is -0.497. The molecule has 0 aliphatic carbocycles. The van der Waals surface area contributed by atoms with Gasteiger partial charge in [-0.15, -0.1) is 11.8 Å². The number of nitrogens with zero attached hydrogens (tertiary/aromatic N) is 2. The number of carbonyl (C=O) groups is 2. The summed E-state index contributed by atoms with van der Waals surface area (Å²) in [4.78, 5) is 29.9. The highest BCUT2D eigenvalue weighted by Crippen LogP contribution is 2.15. The van der Waals surface area contributed by atoms with Crippen LogP contribution in [-0.2, 0) is 16.1 Å². The summed E-state index contributed by atoms with van der Waals surface area (Å²) in [7, 11) is 1.73. The zero-order chi connectivity index (χ0) is 18.2. The quantitative estimate of drug-likeness (QED) is 0.824. The number of hydrogen-bond donors (Lipinski definition) is 1. The van der Waals surface area contributed by atoms with E-state index >= 15 is 0 Å². The van der Waals surface area contributed by atoms with E-state index in [1.54, 1.807) is 31.3 Å². The highest BCUT2D eigenvalue weighted by Gasteiger charge is 2.19. The number of benzene rings is 1. The number of pyridine rings is 1. The van der Waals surface area contributed by atoms with Crippen LogP contribution >= 0.6 is 11.8 Å². The van der Waals surface area contributed by atoms with Crippen molar-refractivity contribution in [3.63, 3.8) is 0 Å². The Morgan fingerprint density at radius 3 is 2.64 bits per heavy atom. The van der Waals surface area contributed by atoms with E-state index in [2.05, 4.69) is 10.3 Å². The Hall–Kier alpha value is -2.41. The van der Waals surface area contributed by atoms with E-state index in [0.29, 0.717) is 12.2 Å². The van der Waals surface area contributed by atoms with Gasteiger partial charge in [-0.25, -0.2) is 4.39 Å². The van der Waals surface area contributed by atoms with Gasteiger partial charge >= 0.3 is 0 Å². The number of nitrogens with one attached hydrogen (secondary N) is 1. The minimum atomic E-state index is -0.358. The van der Waals surface area contributed by atoms with Crippen LogP contribution in [0.25, 0.3) is 0 Å². The molecule has 0 bridgehead atoms. The first kappa shape index (κ1) is 18.9. The zero-order valence-corrected chi connectivity index (χ0v) is 14.9. The lowest BCUT2D eigenvalue weighted by Gasteiger charge is -2.21. The predicted molar refractivity (Wildman–Crippen MR) is 97.7 cm³/mol. The highest BCUT2D eigenvalue weighted by molar-refractivity contribution is 8.01. The van der Waals surface area contributed by atoms with E-state index in [9.17, 15) is 14.0 Å². The molecule has 1 N–H and O–H groups in total. The van der Waals surface area contributed by atoms with Crippen LogP contribution in [0.2, 0.25) is 0 Å². The van der Waals surface area contributed by atoms with Crippen molar-refractivity contribution in [3.8, 4) is 0 Å². The first-order valence-corrected chi connectivity index (χ1v) is 8.81. The molecule has 1 aromatic heterocycles. The molecule has 1 atom stereocenters. The molecule has 0 radical (unpaired) electrons. The van der Waals surface area contributed by atoms with E-state index in [4.69, 9.17) is 0 Å². The monoisotopic (exact) mass is 361 g/mol. The van der Waals surface area contributed by atoms with Crippen LogP contribution in [0.3, 0.4) is 0 Å². The molecule has 0 saturated carbocycles. The largest absolute Gasteiger partial charge is 0.340 e. The van der Waals surface area contributed by atoms with Crippen molar-refractivity contribution in [2.24, 2.45) is 0 Å². The normalized spacial score (nSPS) is 11.6. The van der Waals surface area contributed by atoms with Gasteiger partial charge in [-0.1, -0.05) is 6.07 Å². The minimum Gasteiger partial charge on any atom is -0.340 e. The Labute approximate surface area is 150 Å². The molecular weight excluding hydrogens is 341 g/mol. The van der Waals surface area contributed by atoms with Crippen molar-refractivity contribution < 1.29 is 14.0 Å². The number of halogens is 1. The second kappa shape index (κ2) is 9.17. The maximum atomic E-state index is 12.8. The summed E-state index contributed by atoms with van der Waals surface area (Å²) in [6.45, 7) is 2.25. The van der Waals surface area contributed by atoms with Crippen molar-refractivity contribution in [3.05, 3.63) is 60.2 Å². The smallest absolute Gasteiger partial charge is 0.235 e. The second-order valence-electron chi connectivity index (χ2n) is 5.56. The second-order valence-corrected chi connectivity index (χ2v) is 6.89. The topological polar surface area (TPSA) is 62.3 Å². The third-order valence-electron chi connectivity index (χ3n) is 3.46. The fourth-order valence-corrected chi connectivity index (χ4v) is 2.95. The predicted octanol–water partition coefficient (Wildman–Crippen LogP) is 2.94. The summed E-state index contributed by atoms with van der Waals surface area (Å²) in [5, 5.41) is 2.33. The lowest BCUT2D eigenvalue weighted by Crippen LogP contribution is -2.33. The van der Waals surface area contributed by atoms with Crippen LogP contribution in [0, 0.1) is 5.82 Å². The van der Waals surface area contributed by atoms with Crippen LogP contribution in [0.15, 0.2) is 48.8 Å². The molecule has 1 heterocycles. The van der Waals surface area contributed by atoms with Crippen LogP contribution < -0.4 is 5.32 Å². The minimum absolute atomic E-state index is 0.0524. The molecule has 1 aromatic carbocycles. The first-order valence-electron chi connectivity index (χ1n) is 7.76. The number of anilines is 1. The summed E-state index contributed by atoms with van der Waals surface area (Å²) < 4.78 is 12.8. The number of thioether (sulfide) groups is 1. The number of hydrogen-bond acceptors (Lipinski definition) is 4. The van der Waals surface area contributed by atoms with E-state index in [1.807, 2.05) is 12.1 Å². The molecule has 2 amide bonds. The lowest BCUT2D eigenvalue weighted by molar-refractivity contribution is -0.129. The van der Waals surface area contributed by atoms with Gasteiger partial charge in [-0.05, 0) is 42.8 Å². The molecule has 25 heavy (non-hydrogen) atoms.